The molecule has 0 spiro atoms. The van der Waals surface area contributed by atoms with Gasteiger partial charge in [-0.15, -0.1) is 0 Å². The van der Waals surface area contributed by atoms with E-state index in [4.69, 9.17) is 0 Å². The number of aldehydes is 1. The van der Waals surface area contributed by atoms with Gasteiger partial charge in [0, 0.05) is 31.5 Å². The SMILES string of the molecule is CN(Cc1cccnc1)c1c(F)cccc1C=O. The van der Waals surface area contributed by atoms with Gasteiger partial charge in [-0.25, -0.2) is 4.39 Å². The first-order valence-electron chi connectivity index (χ1n) is 5.56. The van der Waals surface area contributed by atoms with Crippen LogP contribution in [-0.4, -0.2) is 18.3 Å². The highest BCUT2D eigenvalue weighted by molar-refractivity contribution is 5.84. The molecular weight excluding hydrogens is 231 g/mol. The number of benzene rings is 1. The van der Waals surface area contributed by atoms with Crippen LogP contribution in [0, 0.1) is 5.82 Å². The van der Waals surface area contributed by atoms with E-state index in [0.29, 0.717) is 24.1 Å². The first-order chi connectivity index (χ1) is 8.72. The normalized spacial score (nSPS) is 10.1. The number of carbonyl (C=O) groups is 1. The Hall–Kier alpha value is -2.23. The number of hydrogen-bond acceptors (Lipinski definition) is 3. The molecule has 0 aliphatic heterocycles. The van der Waals surface area contributed by atoms with E-state index in [2.05, 4.69) is 4.98 Å². The van der Waals surface area contributed by atoms with Crippen molar-refractivity contribution in [2.45, 2.75) is 6.54 Å². The van der Waals surface area contributed by atoms with E-state index in [1.165, 1.54) is 12.1 Å². The molecule has 1 aromatic heterocycles. The Labute approximate surface area is 105 Å². The lowest BCUT2D eigenvalue weighted by atomic mass is 10.1. The lowest BCUT2D eigenvalue weighted by molar-refractivity contribution is 0.112. The number of rotatable bonds is 4. The van der Waals surface area contributed by atoms with Crippen molar-refractivity contribution in [3.63, 3.8) is 0 Å². The number of pyridine rings is 1. The van der Waals surface area contributed by atoms with Gasteiger partial charge in [-0.05, 0) is 23.8 Å². The van der Waals surface area contributed by atoms with Crippen LogP contribution in [0.25, 0.3) is 0 Å². The Kier molecular flexibility index (Phi) is 3.67. The molecule has 0 radical (unpaired) electrons. The second-order valence-electron chi connectivity index (χ2n) is 4.01. The third-order valence-corrected chi connectivity index (χ3v) is 2.67. The van der Waals surface area contributed by atoms with Crippen LogP contribution in [0.2, 0.25) is 0 Å². The molecule has 0 aliphatic rings. The van der Waals surface area contributed by atoms with Crippen LogP contribution in [0.4, 0.5) is 10.1 Å². The largest absolute Gasteiger partial charge is 0.367 e. The lowest BCUT2D eigenvalue weighted by Crippen LogP contribution is -2.19. The van der Waals surface area contributed by atoms with Crippen LogP contribution in [0.3, 0.4) is 0 Å². The second kappa shape index (κ2) is 5.40. The van der Waals surface area contributed by atoms with Crippen molar-refractivity contribution in [1.82, 2.24) is 4.98 Å². The molecule has 18 heavy (non-hydrogen) atoms. The maximum absolute atomic E-state index is 13.8. The van der Waals surface area contributed by atoms with E-state index in [1.807, 2.05) is 12.1 Å². The highest BCUT2D eigenvalue weighted by Gasteiger charge is 2.12. The first kappa shape index (κ1) is 12.2. The van der Waals surface area contributed by atoms with Gasteiger partial charge in [0.05, 0.1) is 5.69 Å². The standard InChI is InChI=1S/C14H13FN2O/c1-17(9-11-4-3-7-16-8-11)14-12(10-18)5-2-6-13(14)15/h2-8,10H,9H2,1H3. The Morgan fingerprint density at radius 2 is 2.17 bits per heavy atom. The molecule has 2 aromatic rings. The van der Waals surface area contributed by atoms with Crippen molar-refractivity contribution in [2.75, 3.05) is 11.9 Å². The summed E-state index contributed by atoms with van der Waals surface area (Å²) in [6.07, 6.45) is 4.07. The van der Waals surface area contributed by atoms with Crippen LogP contribution < -0.4 is 4.90 Å². The van der Waals surface area contributed by atoms with E-state index >= 15 is 0 Å². The van der Waals surface area contributed by atoms with Gasteiger partial charge in [0.2, 0.25) is 0 Å². The highest BCUT2D eigenvalue weighted by atomic mass is 19.1. The molecule has 1 aromatic carbocycles. The summed E-state index contributed by atoms with van der Waals surface area (Å²) in [7, 11) is 1.75. The maximum atomic E-state index is 13.8. The van der Waals surface area contributed by atoms with E-state index in [1.54, 1.807) is 30.4 Å². The lowest BCUT2D eigenvalue weighted by Gasteiger charge is -2.21. The number of hydrogen-bond donors (Lipinski definition) is 0. The molecule has 0 aliphatic carbocycles. The molecule has 0 saturated heterocycles. The third-order valence-electron chi connectivity index (χ3n) is 2.67. The number of para-hydroxylation sites is 1. The molecular formula is C14H13FN2O. The van der Waals surface area contributed by atoms with Gasteiger partial charge >= 0.3 is 0 Å². The number of anilines is 1. The van der Waals surface area contributed by atoms with Gasteiger partial charge in [0.15, 0.2) is 6.29 Å². The molecule has 1 heterocycles. The molecule has 92 valence electrons. The van der Waals surface area contributed by atoms with Gasteiger partial charge in [-0.1, -0.05) is 12.1 Å². The van der Waals surface area contributed by atoms with Crippen LogP contribution in [0.1, 0.15) is 15.9 Å². The van der Waals surface area contributed by atoms with Crippen LogP contribution in [0.5, 0.6) is 0 Å². The molecule has 0 fully saturated rings. The molecule has 0 bridgehead atoms. The Morgan fingerprint density at radius 3 is 2.83 bits per heavy atom. The molecule has 0 unspecified atom stereocenters. The minimum atomic E-state index is -0.397. The van der Waals surface area contributed by atoms with Gasteiger partial charge in [-0.3, -0.25) is 9.78 Å². The zero-order chi connectivity index (χ0) is 13.0. The van der Waals surface area contributed by atoms with Crippen molar-refractivity contribution >= 4 is 12.0 Å². The van der Waals surface area contributed by atoms with E-state index < -0.39 is 5.82 Å². The average molecular weight is 244 g/mol. The summed E-state index contributed by atoms with van der Waals surface area (Å²) in [5.41, 5.74) is 1.62. The molecule has 0 N–H and O–H groups in total. The number of aromatic nitrogens is 1. The summed E-state index contributed by atoms with van der Waals surface area (Å²) in [6, 6.07) is 8.21. The molecule has 0 saturated carbocycles. The van der Waals surface area contributed by atoms with Gasteiger partial charge < -0.3 is 4.90 Å². The fourth-order valence-corrected chi connectivity index (χ4v) is 1.87. The maximum Gasteiger partial charge on any atom is 0.152 e. The van der Waals surface area contributed by atoms with E-state index in [-0.39, 0.29) is 0 Å². The first-order valence-corrected chi connectivity index (χ1v) is 5.56. The van der Waals surface area contributed by atoms with Crippen LogP contribution in [-0.2, 0) is 6.54 Å². The third kappa shape index (κ3) is 2.53. The fraction of sp³-hybridized carbons (Fsp3) is 0.143. The van der Waals surface area contributed by atoms with Gasteiger partial charge in [0.1, 0.15) is 5.82 Å². The zero-order valence-corrected chi connectivity index (χ0v) is 10.0. The van der Waals surface area contributed by atoms with E-state index in [0.717, 1.165) is 5.56 Å². The predicted molar refractivity (Wildman–Crippen MR) is 68.1 cm³/mol. The fourth-order valence-electron chi connectivity index (χ4n) is 1.87. The highest BCUT2D eigenvalue weighted by Crippen LogP contribution is 2.23. The Morgan fingerprint density at radius 1 is 1.33 bits per heavy atom. The summed E-state index contributed by atoms with van der Waals surface area (Å²) in [6.45, 7) is 0.496. The summed E-state index contributed by atoms with van der Waals surface area (Å²) in [5, 5.41) is 0. The zero-order valence-electron chi connectivity index (χ0n) is 10.0. The number of nitrogens with zero attached hydrogens (tertiary/aromatic N) is 2. The monoisotopic (exact) mass is 244 g/mol. The number of halogens is 1. The number of carbonyl (C=O) groups excluding carboxylic acids is 1. The van der Waals surface area contributed by atoms with Crippen LogP contribution in [0.15, 0.2) is 42.7 Å². The van der Waals surface area contributed by atoms with Crippen molar-refractivity contribution in [3.8, 4) is 0 Å². The Balaban J connectivity index is 2.29. The van der Waals surface area contributed by atoms with Gasteiger partial charge in [-0.2, -0.15) is 0 Å². The van der Waals surface area contributed by atoms with Crippen molar-refractivity contribution in [1.29, 1.82) is 0 Å². The van der Waals surface area contributed by atoms with Crippen molar-refractivity contribution in [3.05, 3.63) is 59.7 Å². The molecule has 3 nitrogen and oxygen atoms in total. The summed E-state index contributed by atoms with van der Waals surface area (Å²) in [5.74, 6) is -0.397. The van der Waals surface area contributed by atoms with Crippen molar-refractivity contribution in [2.24, 2.45) is 0 Å². The average Bonchev–Trinajstić information content (AvgIpc) is 2.39. The minimum Gasteiger partial charge on any atom is -0.367 e. The van der Waals surface area contributed by atoms with E-state index in [9.17, 15) is 9.18 Å². The Bertz CT molecular complexity index is 543. The predicted octanol–water partition coefficient (Wildman–Crippen LogP) is 2.67. The molecule has 0 amide bonds. The quantitative estimate of drug-likeness (QED) is 0.775. The van der Waals surface area contributed by atoms with Gasteiger partial charge in [0.25, 0.3) is 0 Å². The smallest absolute Gasteiger partial charge is 0.152 e. The molecule has 4 heteroatoms. The summed E-state index contributed by atoms with van der Waals surface area (Å²) < 4.78 is 13.8. The topological polar surface area (TPSA) is 33.2 Å². The summed E-state index contributed by atoms with van der Waals surface area (Å²) >= 11 is 0. The molecule has 0 atom stereocenters. The molecule has 2 rings (SSSR count). The van der Waals surface area contributed by atoms with Crippen LogP contribution >= 0.6 is 0 Å². The summed E-state index contributed by atoms with van der Waals surface area (Å²) in [4.78, 5) is 16.6. The second-order valence-corrected chi connectivity index (χ2v) is 4.01. The van der Waals surface area contributed by atoms with Crippen molar-refractivity contribution < 1.29 is 9.18 Å². The minimum absolute atomic E-state index is 0.316.